The molecule has 0 aromatic heterocycles. The van der Waals surface area contributed by atoms with Crippen molar-refractivity contribution in [2.45, 2.75) is 32.1 Å². The fourth-order valence-electron chi connectivity index (χ4n) is 4.28. The third-order valence-corrected chi connectivity index (χ3v) is 5.89. The van der Waals surface area contributed by atoms with Gasteiger partial charge in [-0.05, 0) is 51.7 Å². The molecular weight excluding hydrogens is 214 g/mol. The molecule has 98 valence electrons. The minimum absolute atomic E-state index is 0.214. The van der Waals surface area contributed by atoms with Crippen molar-refractivity contribution in [3.8, 4) is 0 Å². The Hall–Kier alpha value is -0.120. The van der Waals surface area contributed by atoms with Gasteiger partial charge < -0.3 is 14.7 Å². The molecule has 0 unspecified atom stereocenters. The molecule has 0 amide bonds. The topological polar surface area (TPSA) is 32.7 Å². The third kappa shape index (κ3) is 1.59. The first-order chi connectivity index (χ1) is 8.22. The van der Waals surface area contributed by atoms with Gasteiger partial charge in [-0.15, -0.1) is 0 Å². The Morgan fingerprint density at radius 3 is 2.24 bits per heavy atom. The highest BCUT2D eigenvalue weighted by Gasteiger charge is 2.61. The van der Waals surface area contributed by atoms with E-state index in [0.717, 1.165) is 19.1 Å². The van der Waals surface area contributed by atoms with Crippen molar-refractivity contribution >= 4 is 0 Å². The van der Waals surface area contributed by atoms with E-state index in [2.05, 4.69) is 11.9 Å². The lowest BCUT2D eigenvalue weighted by Gasteiger charge is -2.63. The molecule has 1 N–H and O–H groups in total. The smallest absolute Gasteiger partial charge is 0.0553 e. The van der Waals surface area contributed by atoms with E-state index in [0.29, 0.717) is 12.0 Å². The first kappa shape index (κ1) is 11.9. The van der Waals surface area contributed by atoms with Gasteiger partial charge in [0.2, 0.25) is 0 Å². The summed E-state index contributed by atoms with van der Waals surface area (Å²) in [6, 6.07) is 0. The van der Waals surface area contributed by atoms with Gasteiger partial charge in [0, 0.05) is 17.4 Å². The first-order valence-corrected chi connectivity index (χ1v) is 7.10. The van der Waals surface area contributed by atoms with Crippen molar-refractivity contribution in [3.63, 3.8) is 0 Å². The molecule has 0 spiro atoms. The maximum absolute atomic E-state index is 9.85. The number of piperidine rings is 1. The Bertz CT molecular complexity index is 270. The zero-order valence-electron chi connectivity index (χ0n) is 11.0. The van der Waals surface area contributed by atoms with E-state index in [4.69, 9.17) is 4.74 Å². The summed E-state index contributed by atoms with van der Waals surface area (Å²) in [4.78, 5) is 2.43. The van der Waals surface area contributed by atoms with Crippen molar-refractivity contribution < 1.29 is 9.84 Å². The van der Waals surface area contributed by atoms with Crippen LogP contribution in [0.2, 0.25) is 0 Å². The largest absolute Gasteiger partial charge is 0.396 e. The monoisotopic (exact) mass is 239 g/mol. The summed E-state index contributed by atoms with van der Waals surface area (Å²) in [6.45, 7) is 4.62. The number of rotatable bonds is 3. The van der Waals surface area contributed by atoms with Gasteiger partial charge in [0.15, 0.2) is 0 Å². The molecule has 0 aromatic carbocycles. The van der Waals surface area contributed by atoms with Crippen LogP contribution in [-0.2, 0) is 4.74 Å². The van der Waals surface area contributed by atoms with Gasteiger partial charge >= 0.3 is 0 Å². The van der Waals surface area contributed by atoms with Crippen molar-refractivity contribution in [2.75, 3.05) is 40.0 Å². The van der Waals surface area contributed by atoms with E-state index >= 15 is 0 Å². The predicted molar refractivity (Wildman–Crippen MR) is 66.8 cm³/mol. The molecule has 0 aromatic rings. The zero-order chi connectivity index (χ0) is 11.9. The van der Waals surface area contributed by atoms with Crippen LogP contribution >= 0.6 is 0 Å². The van der Waals surface area contributed by atoms with Gasteiger partial charge in [-0.3, -0.25) is 0 Å². The van der Waals surface area contributed by atoms with E-state index in [1.807, 2.05) is 0 Å². The van der Waals surface area contributed by atoms with Crippen LogP contribution in [0, 0.1) is 16.7 Å². The van der Waals surface area contributed by atoms with Gasteiger partial charge in [0.1, 0.15) is 0 Å². The van der Waals surface area contributed by atoms with Crippen LogP contribution in [0.25, 0.3) is 0 Å². The summed E-state index contributed by atoms with van der Waals surface area (Å²) in [7, 11) is 2.21. The molecule has 0 atom stereocenters. The highest BCUT2D eigenvalue weighted by atomic mass is 16.5. The molecule has 1 saturated carbocycles. The van der Waals surface area contributed by atoms with E-state index < -0.39 is 0 Å². The number of likely N-dealkylation sites (tertiary alicyclic amines) is 1. The molecule has 3 heteroatoms. The Labute approximate surface area is 104 Å². The molecule has 3 nitrogen and oxygen atoms in total. The minimum atomic E-state index is 0.214. The van der Waals surface area contributed by atoms with Gasteiger partial charge in [-0.1, -0.05) is 6.42 Å². The minimum Gasteiger partial charge on any atom is -0.396 e. The van der Waals surface area contributed by atoms with Crippen LogP contribution < -0.4 is 0 Å². The molecule has 17 heavy (non-hydrogen) atoms. The number of aliphatic hydroxyl groups is 1. The van der Waals surface area contributed by atoms with Crippen LogP contribution in [-0.4, -0.2) is 50.0 Å². The summed E-state index contributed by atoms with van der Waals surface area (Å²) in [5.41, 5.74) is 0.535. The Morgan fingerprint density at radius 2 is 1.88 bits per heavy atom. The Kier molecular flexibility index (Phi) is 2.96. The lowest BCUT2D eigenvalue weighted by molar-refractivity contribution is -0.255. The van der Waals surface area contributed by atoms with Gasteiger partial charge in [0.25, 0.3) is 0 Å². The Balaban J connectivity index is 1.77. The maximum atomic E-state index is 9.85. The highest BCUT2D eigenvalue weighted by molar-refractivity contribution is 5.09. The molecule has 2 heterocycles. The lowest BCUT2D eigenvalue weighted by atomic mass is 9.47. The van der Waals surface area contributed by atoms with Crippen molar-refractivity contribution in [1.29, 1.82) is 0 Å². The van der Waals surface area contributed by atoms with Crippen LogP contribution in [0.3, 0.4) is 0 Å². The quantitative estimate of drug-likeness (QED) is 0.810. The molecule has 3 rings (SSSR count). The number of ether oxygens (including phenoxy) is 1. The van der Waals surface area contributed by atoms with Crippen LogP contribution in [0.1, 0.15) is 32.1 Å². The molecular formula is C14H25NO2. The summed E-state index contributed by atoms with van der Waals surface area (Å²) < 4.78 is 5.58. The van der Waals surface area contributed by atoms with E-state index in [1.54, 1.807) is 0 Å². The summed E-state index contributed by atoms with van der Waals surface area (Å²) in [5, 5.41) is 9.85. The van der Waals surface area contributed by atoms with Crippen molar-refractivity contribution in [1.82, 2.24) is 4.90 Å². The molecule has 2 saturated heterocycles. The SMILES string of the molecule is CN1CCC(C2(C3(CO)CCC3)COC2)CC1. The third-order valence-electron chi connectivity index (χ3n) is 5.89. The maximum Gasteiger partial charge on any atom is 0.0553 e. The standard InChI is InChI=1S/C14H25NO2/c1-15-7-3-12(4-8-15)14(10-17-11-14)13(9-16)5-2-6-13/h12,16H,2-11H2,1H3. The number of hydrogen-bond acceptors (Lipinski definition) is 3. The van der Waals surface area contributed by atoms with E-state index in [9.17, 15) is 5.11 Å². The number of aliphatic hydroxyl groups excluding tert-OH is 1. The molecule has 3 fully saturated rings. The second kappa shape index (κ2) is 4.22. The van der Waals surface area contributed by atoms with E-state index in [-0.39, 0.29) is 5.41 Å². The average molecular weight is 239 g/mol. The molecule has 1 aliphatic carbocycles. The summed E-state index contributed by atoms with van der Waals surface area (Å²) in [5.74, 6) is 0.778. The second-order valence-electron chi connectivity index (χ2n) is 6.52. The predicted octanol–water partition coefficient (Wildman–Crippen LogP) is 1.51. The lowest BCUT2D eigenvalue weighted by Crippen LogP contribution is -2.64. The molecule has 2 aliphatic heterocycles. The Morgan fingerprint density at radius 1 is 1.24 bits per heavy atom. The van der Waals surface area contributed by atoms with Crippen LogP contribution in [0.5, 0.6) is 0 Å². The normalized spacial score (nSPS) is 32.8. The fraction of sp³-hybridized carbons (Fsp3) is 1.00. The van der Waals surface area contributed by atoms with Gasteiger partial charge in [-0.25, -0.2) is 0 Å². The zero-order valence-corrected chi connectivity index (χ0v) is 11.0. The molecule has 0 radical (unpaired) electrons. The number of nitrogens with zero attached hydrogens (tertiary/aromatic N) is 1. The summed E-state index contributed by atoms with van der Waals surface area (Å²) in [6.07, 6.45) is 6.33. The average Bonchev–Trinajstić information content (AvgIpc) is 2.22. The number of hydrogen-bond donors (Lipinski definition) is 1. The molecule has 3 aliphatic rings. The molecule has 0 bridgehead atoms. The van der Waals surface area contributed by atoms with Crippen LogP contribution in [0.4, 0.5) is 0 Å². The first-order valence-electron chi connectivity index (χ1n) is 7.10. The van der Waals surface area contributed by atoms with Gasteiger partial charge in [0.05, 0.1) is 13.2 Å². The summed E-state index contributed by atoms with van der Waals surface area (Å²) >= 11 is 0. The van der Waals surface area contributed by atoms with Crippen molar-refractivity contribution in [3.05, 3.63) is 0 Å². The van der Waals surface area contributed by atoms with E-state index in [1.165, 1.54) is 45.2 Å². The highest BCUT2D eigenvalue weighted by Crippen LogP contribution is 2.62. The van der Waals surface area contributed by atoms with Crippen LogP contribution in [0.15, 0.2) is 0 Å². The fourth-order valence-corrected chi connectivity index (χ4v) is 4.28. The van der Waals surface area contributed by atoms with Crippen molar-refractivity contribution in [2.24, 2.45) is 16.7 Å². The van der Waals surface area contributed by atoms with Gasteiger partial charge in [-0.2, -0.15) is 0 Å². The second-order valence-corrected chi connectivity index (χ2v) is 6.52.